The third-order valence-corrected chi connectivity index (χ3v) is 6.63. The average Bonchev–Trinajstić information content (AvgIpc) is 3.34. The molecule has 0 saturated heterocycles. The number of aliphatic hydroxyl groups excluding tert-OH is 2. The van der Waals surface area contributed by atoms with Crippen molar-refractivity contribution in [1.29, 1.82) is 0 Å². The molecule has 1 fully saturated rings. The van der Waals surface area contributed by atoms with Gasteiger partial charge in [-0.1, -0.05) is 0 Å². The van der Waals surface area contributed by atoms with E-state index in [-0.39, 0.29) is 18.2 Å². The summed E-state index contributed by atoms with van der Waals surface area (Å²) in [7, 11) is 0. The lowest BCUT2D eigenvalue weighted by Crippen LogP contribution is -2.40. The smallest absolute Gasteiger partial charge is 0.405 e. The van der Waals surface area contributed by atoms with Crippen molar-refractivity contribution < 1.29 is 37.6 Å². The number of pyridine rings is 1. The van der Waals surface area contributed by atoms with E-state index in [9.17, 15) is 28.5 Å². The molecule has 0 bridgehead atoms. The Bertz CT molecular complexity index is 1310. The van der Waals surface area contributed by atoms with Crippen LogP contribution < -0.4 is 15.4 Å². The Morgan fingerprint density at radius 3 is 2.39 bits per heavy atom. The Morgan fingerprint density at radius 1 is 1.08 bits per heavy atom. The lowest BCUT2D eigenvalue weighted by Gasteiger charge is -2.28. The second-order valence-corrected chi connectivity index (χ2v) is 10.1. The first-order valence-corrected chi connectivity index (χ1v) is 12.3. The number of anilines is 2. The summed E-state index contributed by atoms with van der Waals surface area (Å²) in [5, 5.41) is 37.7. The number of aliphatic hydroxyl groups is 3. The molecule has 1 aliphatic rings. The second-order valence-electron chi connectivity index (χ2n) is 10.1. The van der Waals surface area contributed by atoms with Crippen LogP contribution in [0.5, 0.6) is 5.88 Å². The topological polar surface area (TPSA) is 146 Å². The standard InChI is InChI=1S/C25H32F3N5O5/c1-6-37-17-8-13-7-16(38-21(13)12(3)30-17)18-11(2)31-23(29-10-25(26,27)28)33-22(18)32-15-9-14(24(4,5)36)19(34)20(15)35/h7-8,14-15,19-20,34-36H,6,9-10H2,1-5H3,(H2,29,31,32,33)/t14-,15+,19+,20-/m0/s1. The highest BCUT2D eigenvalue weighted by Gasteiger charge is 2.48. The molecule has 0 unspecified atom stereocenters. The van der Waals surface area contributed by atoms with E-state index in [0.717, 1.165) is 0 Å². The van der Waals surface area contributed by atoms with Gasteiger partial charge in [0.05, 0.1) is 41.3 Å². The Morgan fingerprint density at radius 2 is 1.79 bits per heavy atom. The van der Waals surface area contributed by atoms with Crippen LogP contribution in [0.4, 0.5) is 24.9 Å². The first kappa shape index (κ1) is 27.9. The van der Waals surface area contributed by atoms with Gasteiger partial charge >= 0.3 is 6.18 Å². The zero-order chi connectivity index (χ0) is 28.0. The van der Waals surface area contributed by atoms with Gasteiger partial charge in [0.2, 0.25) is 11.8 Å². The Labute approximate surface area is 217 Å². The Hall–Kier alpha value is -3.16. The van der Waals surface area contributed by atoms with Crippen LogP contribution in [0, 0.1) is 19.8 Å². The van der Waals surface area contributed by atoms with Crippen molar-refractivity contribution in [2.24, 2.45) is 5.92 Å². The number of rotatable bonds is 8. The zero-order valence-electron chi connectivity index (χ0n) is 21.7. The average molecular weight is 540 g/mol. The maximum atomic E-state index is 12.9. The molecule has 4 atom stereocenters. The molecular weight excluding hydrogens is 507 g/mol. The normalized spacial score (nSPS) is 22.2. The quantitative estimate of drug-likeness (QED) is 0.288. The molecule has 0 aromatic carbocycles. The molecule has 3 aromatic heterocycles. The maximum Gasteiger partial charge on any atom is 0.405 e. The van der Waals surface area contributed by atoms with Gasteiger partial charge in [0.25, 0.3) is 0 Å². The van der Waals surface area contributed by atoms with E-state index in [1.165, 1.54) is 13.8 Å². The van der Waals surface area contributed by atoms with E-state index in [1.807, 2.05) is 6.92 Å². The number of halogens is 3. The summed E-state index contributed by atoms with van der Waals surface area (Å²) in [6.45, 7) is 7.37. The summed E-state index contributed by atoms with van der Waals surface area (Å²) in [5.74, 6) is -0.0760. The first-order valence-electron chi connectivity index (χ1n) is 12.3. The minimum atomic E-state index is -4.49. The summed E-state index contributed by atoms with van der Waals surface area (Å²) in [6, 6.07) is 2.68. The molecule has 0 aliphatic heterocycles. The van der Waals surface area contributed by atoms with Gasteiger partial charge in [0.15, 0.2) is 5.58 Å². The van der Waals surface area contributed by atoms with Crippen molar-refractivity contribution >= 4 is 22.7 Å². The van der Waals surface area contributed by atoms with Crippen molar-refractivity contribution in [3.05, 3.63) is 23.5 Å². The first-order chi connectivity index (χ1) is 17.7. The Balaban J connectivity index is 1.78. The predicted molar refractivity (Wildman–Crippen MR) is 134 cm³/mol. The minimum absolute atomic E-state index is 0.101. The third kappa shape index (κ3) is 5.79. The molecule has 5 N–H and O–H groups in total. The van der Waals surface area contributed by atoms with Crippen molar-refractivity contribution in [1.82, 2.24) is 15.0 Å². The van der Waals surface area contributed by atoms with Gasteiger partial charge in [-0.25, -0.2) is 9.97 Å². The van der Waals surface area contributed by atoms with Gasteiger partial charge in [-0.2, -0.15) is 18.2 Å². The number of nitrogens with zero attached hydrogens (tertiary/aromatic N) is 3. The highest BCUT2D eigenvalue weighted by atomic mass is 19.4. The molecule has 0 amide bonds. The molecule has 0 radical (unpaired) electrons. The maximum absolute atomic E-state index is 12.9. The fourth-order valence-corrected chi connectivity index (χ4v) is 4.81. The molecule has 3 aromatic rings. The molecule has 0 spiro atoms. The Kier molecular flexibility index (Phi) is 7.47. The zero-order valence-corrected chi connectivity index (χ0v) is 21.7. The fourth-order valence-electron chi connectivity index (χ4n) is 4.81. The fraction of sp³-hybridized carbons (Fsp3) is 0.560. The molecule has 13 heteroatoms. The van der Waals surface area contributed by atoms with Gasteiger partial charge in [0.1, 0.15) is 24.2 Å². The van der Waals surface area contributed by atoms with Gasteiger partial charge in [-0.05, 0) is 47.1 Å². The van der Waals surface area contributed by atoms with E-state index in [2.05, 4.69) is 25.6 Å². The van der Waals surface area contributed by atoms with Crippen molar-refractivity contribution in [3.8, 4) is 17.2 Å². The molecule has 4 rings (SSSR count). The summed E-state index contributed by atoms with van der Waals surface area (Å²) in [5.41, 5.74) is 0.475. The van der Waals surface area contributed by atoms with Crippen LogP contribution in [0.2, 0.25) is 0 Å². The van der Waals surface area contributed by atoms with Crippen LogP contribution in [0.15, 0.2) is 16.5 Å². The number of nitrogens with one attached hydrogen (secondary N) is 2. The second kappa shape index (κ2) is 10.2. The summed E-state index contributed by atoms with van der Waals surface area (Å²) < 4.78 is 50.2. The number of furan rings is 1. The summed E-state index contributed by atoms with van der Waals surface area (Å²) >= 11 is 0. The highest BCUT2D eigenvalue weighted by molar-refractivity contribution is 5.88. The number of hydrogen-bond donors (Lipinski definition) is 5. The van der Waals surface area contributed by atoms with E-state index >= 15 is 0 Å². The van der Waals surface area contributed by atoms with Crippen molar-refractivity contribution in [3.63, 3.8) is 0 Å². The van der Waals surface area contributed by atoms with E-state index in [4.69, 9.17) is 9.15 Å². The lowest BCUT2D eigenvalue weighted by atomic mass is 9.88. The van der Waals surface area contributed by atoms with E-state index in [1.54, 1.807) is 26.0 Å². The molecule has 3 heterocycles. The van der Waals surface area contributed by atoms with Crippen molar-refractivity contribution in [2.75, 3.05) is 23.8 Å². The number of aryl methyl sites for hydroxylation is 2. The predicted octanol–water partition coefficient (Wildman–Crippen LogP) is 3.57. The number of fused-ring (bicyclic) bond motifs is 1. The SMILES string of the molecule is CCOc1cc2cc(-c3c(C)nc(NCC(F)(F)F)nc3N[C@@H]3C[C@H](C(C)(C)O)[C@@H](O)[C@H]3O)oc2c(C)n1. The van der Waals surface area contributed by atoms with Gasteiger partial charge in [-0.15, -0.1) is 0 Å². The third-order valence-electron chi connectivity index (χ3n) is 6.63. The van der Waals surface area contributed by atoms with E-state index in [0.29, 0.717) is 46.2 Å². The minimum Gasteiger partial charge on any atom is -0.478 e. The number of aromatic nitrogens is 3. The highest BCUT2D eigenvalue weighted by Crippen LogP contribution is 2.40. The molecule has 1 saturated carbocycles. The van der Waals surface area contributed by atoms with Crippen LogP contribution in [0.3, 0.4) is 0 Å². The summed E-state index contributed by atoms with van der Waals surface area (Å²) in [6.07, 6.45) is -6.80. The van der Waals surface area contributed by atoms with E-state index < -0.39 is 42.5 Å². The monoisotopic (exact) mass is 539 g/mol. The largest absolute Gasteiger partial charge is 0.478 e. The van der Waals surface area contributed by atoms with Crippen molar-refractivity contribution in [2.45, 2.75) is 71.1 Å². The van der Waals surface area contributed by atoms with Crippen LogP contribution in [-0.4, -0.2) is 73.5 Å². The molecular formula is C25H32F3N5O5. The van der Waals surface area contributed by atoms with Gasteiger partial charge < -0.3 is 35.1 Å². The van der Waals surface area contributed by atoms with Crippen LogP contribution in [-0.2, 0) is 0 Å². The van der Waals surface area contributed by atoms with Crippen LogP contribution in [0.1, 0.15) is 38.6 Å². The van der Waals surface area contributed by atoms with Crippen LogP contribution in [0.25, 0.3) is 22.3 Å². The summed E-state index contributed by atoms with van der Waals surface area (Å²) in [4.78, 5) is 12.8. The molecule has 10 nitrogen and oxygen atoms in total. The number of alkyl halides is 3. The molecule has 38 heavy (non-hydrogen) atoms. The lowest BCUT2D eigenvalue weighted by molar-refractivity contribution is -0.115. The number of ether oxygens (including phenoxy) is 1. The molecule has 208 valence electrons. The number of hydrogen-bond acceptors (Lipinski definition) is 10. The molecule has 1 aliphatic carbocycles. The van der Waals surface area contributed by atoms with Crippen LogP contribution >= 0.6 is 0 Å². The van der Waals surface area contributed by atoms with Gasteiger partial charge in [0, 0.05) is 17.4 Å². The van der Waals surface area contributed by atoms with Gasteiger partial charge in [-0.3, -0.25) is 0 Å².